The van der Waals surface area contributed by atoms with Gasteiger partial charge in [0.2, 0.25) is 16.9 Å². The van der Waals surface area contributed by atoms with Crippen molar-refractivity contribution in [1.29, 1.82) is 5.26 Å². The SMILES string of the molecule is N#CC[n+]1ccc(SCC2=C(C(=O)O)N3C(=O)[C@@H](NC(=O)/C(=N\OC4CCCC4)c4csc(N)n4)[C@H]3CO2)cc1.O=S(=O)([O-])O. The summed E-state index contributed by atoms with van der Waals surface area (Å²) in [5.74, 6) is -2.21. The average molecular weight is 682 g/mol. The number of thioether (sulfide) groups is 1. The van der Waals surface area contributed by atoms with Gasteiger partial charge in [0.15, 0.2) is 28.9 Å². The van der Waals surface area contributed by atoms with Gasteiger partial charge < -0.3 is 30.3 Å². The van der Waals surface area contributed by atoms with Crippen molar-refractivity contribution < 1.29 is 51.2 Å². The number of oxime groups is 1. The third kappa shape index (κ3) is 8.89. The molecule has 0 bridgehead atoms. The Kier molecular flexibility index (Phi) is 10.9. The zero-order valence-electron chi connectivity index (χ0n) is 23.3. The lowest BCUT2D eigenvalue weighted by Gasteiger charge is -2.49. The molecule has 0 spiro atoms. The number of amides is 2. The van der Waals surface area contributed by atoms with Crippen LogP contribution in [-0.4, -0.2) is 86.6 Å². The molecule has 1 aliphatic carbocycles. The number of thiazole rings is 1. The smallest absolute Gasteiger partial charge is 0.356 e. The number of nitrogens with one attached hydrogen (secondary N) is 1. The van der Waals surface area contributed by atoms with Crippen LogP contribution in [0.1, 0.15) is 31.4 Å². The fourth-order valence-electron chi connectivity index (χ4n) is 4.68. The Hall–Kier alpha value is -4.29. The number of nitrogens with two attached hydrogens (primary N) is 1. The number of carboxylic acid groups (broad SMARTS) is 1. The molecule has 4 heterocycles. The second kappa shape index (κ2) is 14.7. The van der Waals surface area contributed by atoms with Crippen LogP contribution in [0.15, 0.2) is 51.4 Å². The second-order valence-corrected chi connectivity index (χ2v) is 12.5. The Morgan fingerprint density at radius 3 is 2.60 bits per heavy atom. The summed E-state index contributed by atoms with van der Waals surface area (Å²) < 4.78 is 40.3. The van der Waals surface area contributed by atoms with E-state index in [-0.39, 0.29) is 53.0 Å². The fraction of sp³-hybridized carbons (Fsp3) is 0.400. The Labute approximate surface area is 264 Å². The monoisotopic (exact) mass is 681 g/mol. The van der Waals surface area contributed by atoms with Gasteiger partial charge in [-0.1, -0.05) is 5.16 Å². The first-order valence-electron chi connectivity index (χ1n) is 13.2. The molecule has 3 aliphatic rings. The van der Waals surface area contributed by atoms with E-state index in [0.717, 1.165) is 46.8 Å². The minimum atomic E-state index is -4.92. The summed E-state index contributed by atoms with van der Waals surface area (Å²) >= 11 is 2.48. The van der Waals surface area contributed by atoms with E-state index in [0.29, 0.717) is 0 Å². The zero-order valence-corrected chi connectivity index (χ0v) is 25.7. The highest BCUT2D eigenvalue weighted by atomic mass is 32.3. The molecule has 2 aromatic rings. The number of hydrogen-bond acceptors (Lipinski definition) is 14. The number of carbonyl (C=O) groups is 3. The summed E-state index contributed by atoms with van der Waals surface area (Å²) in [4.78, 5) is 50.2. The summed E-state index contributed by atoms with van der Waals surface area (Å²) in [6, 6.07) is 3.96. The maximum atomic E-state index is 13.2. The highest BCUT2D eigenvalue weighted by molar-refractivity contribution is 7.99. The Bertz CT molecular complexity index is 1640. The largest absolute Gasteiger partial charge is 0.726 e. The van der Waals surface area contributed by atoms with Crippen molar-refractivity contribution in [2.45, 2.75) is 55.3 Å². The molecule has 0 radical (unpaired) electrons. The lowest BCUT2D eigenvalue weighted by Crippen LogP contribution is -2.73. The Balaban J connectivity index is 0.000000854. The third-order valence-corrected chi connectivity index (χ3v) is 8.39. The van der Waals surface area contributed by atoms with E-state index in [2.05, 4.69) is 21.5 Å². The first-order valence-corrected chi connectivity index (χ1v) is 16.4. The van der Waals surface area contributed by atoms with Crippen LogP contribution >= 0.6 is 23.1 Å². The standard InChI is InChI=1S/C25H25N7O6S2.H2O4S/c26-7-10-31-8-5-15(6-9-31)39-13-18-21(24(35)36)32-17(11-37-18)20(23(32)34)29-22(33)19(16-12-40-25(27)28-16)30-38-14-3-1-2-4-14;1-5(2,3)4/h5-6,8-9,12,14,17,20H,1-4,10-11,13H2,(H3-,27,28,29,33,35,36);(H2,1,2,3,4)/b30-19-;/t17-,20+;/m1./s1. The molecule has 5 rings (SSSR count). The number of nitrogens with zero attached hydrogens (tertiary/aromatic N) is 5. The molecule has 2 aromatic heterocycles. The van der Waals surface area contributed by atoms with Gasteiger partial charge in [-0.3, -0.25) is 19.0 Å². The van der Waals surface area contributed by atoms with Crippen LogP contribution in [0.5, 0.6) is 0 Å². The molecule has 1 saturated carbocycles. The van der Waals surface area contributed by atoms with E-state index in [1.54, 1.807) is 34.5 Å². The molecule has 17 nitrogen and oxygen atoms in total. The predicted molar refractivity (Wildman–Crippen MR) is 155 cm³/mol. The van der Waals surface area contributed by atoms with Gasteiger partial charge in [-0.15, -0.1) is 23.1 Å². The number of β-lactam (4-membered cyclic amide) rings is 1. The maximum Gasteiger partial charge on any atom is 0.356 e. The van der Waals surface area contributed by atoms with Gasteiger partial charge >= 0.3 is 5.97 Å². The van der Waals surface area contributed by atoms with Crippen molar-refractivity contribution >= 4 is 62.1 Å². The van der Waals surface area contributed by atoms with E-state index in [1.165, 1.54) is 11.8 Å². The molecule has 5 N–H and O–H groups in total. The first-order chi connectivity index (χ1) is 21.4. The minimum absolute atomic E-state index is 0.00895. The van der Waals surface area contributed by atoms with E-state index in [9.17, 15) is 19.5 Å². The number of carbonyl (C=O) groups excluding carboxylic acids is 2. The van der Waals surface area contributed by atoms with Crippen LogP contribution in [0.4, 0.5) is 5.13 Å². The summed E-state index contributed by atoms with van der Waals surface area (Å²) in [6.45, 7) is 0.228. The number of fused-ring (bicyclic) bond motifs is 1. The number of nitrogen functional groups attached to an aromatic ring is 1. The van der Waals surface area contributed by atoms with Gasteiger partial charge in [0.25, 0.3) is 11.8 Å². The number of pyridine rings is 1. The van der Waals surface area contributed by atoms with Gasteiger partial charge in [-0.2, -0.15) is 9.83 Å². The van der Waals surface area contributed by atoms with Crippen molar-refractivity contribution in [3.8, 4) is 6.07 Å². The Morgan fingerprint density at radius 1 is 1.36 bits per heavy atom. The van der Waals surface area contributed by atoms with E-state index < -0.39 is 40.3 Å². The molecule has 2 atom stereocenters. The molecular weight excluding hydrogens is 655 g/mol. The number of nitriles is 1. The van der Waals surface area contributed by atoms with Crippen LogP contribution in [0, 0.1) is 11.3 Å². The molecule has 2 aliphatic heterocycles. The Morgan fingerprint density at radius 2 is 2.02 bits per heavy atom. The van der Waals surface area contributed by atoms with Gasteiger partial charge in [-0.25, -0.2) is 18.2 Å². The van der Waals surface area contributed by atoms with Gasteiger partial charge in [0.1, 0.15) is 42.3 Å². The van der Waals surface area contributed by atoms with Crippen LogP contribution in [-0.2, 0) is 40.9 Å². The van der Waals surface area contributed by atoms with Crippen molar-refractivity contribution in [3.63, 3.8) is 0 Å². The molecule has 0 unspecified atom stereocenters. The zero-order chi connectivity index (χ0) is 32.7. The minimum Gasteiger partial charge on any atom is -0.726 e. The second-order valence-electron chi connectivity index (χ2n) is 9.72. The van der Waals surface area contributed by atoms with Crippen molar-refractivity contribution in [3.05, 3.63) is 47.1 Å². The topological polar surface area (TPSA) is 262 Å². The summed E-state index contributed by atoms with van der Waals surface area (Å²) in [5.41, 5.74) is 5.62. The molecule has 1 saturated heterocycles. The summed E-state index contributed by atoms with van der Waals surface area (Å²) in [7, 11) is -4.92. The molecule has 45 heavy (non-hydrogen) atoms. The quantitative estimate of drug-likeness (QED) is 0.0490. The van der Waals surface area contributed by atoms with Crippen molar-refractivity contribution in [2.24, 2.45) is 5.16 Å². The van der Waals surface area contributed by atoms with E-state index in [4.69, 9.17) is 38.1 Å². The number of anilines is 1. The first kappa shape index (κ1) is 33.6. The number of ether oxygens (including phenoxy) is 1. The van der Waals surface area contributed by atoms with Crippen LogP contribution < -0.4 is 15.6 Å². The maximum absolute atomic E-state index is 13.2. The molecule has 2 fully saturated rings. The number of hydrogen-bond donors (Lipinski definition) is 4. The molecule has 240 valence electrons. The molecule has 0 aromatic carbocycles. The van der Waals surface area contributed by atoms with E-state index in [1.807, 2.05) is 0 Å². The van der Waals surface area contributed by atoms with Gasteiger partial charge in [0.05, 0.1) is 5.75 Å². The van der Waals surface area contributed by atoms with E-state index >= 15 is 0 Å². The van der Waals surface area contributed by atoms with Crippen LogP contribution in [0.2, 0.25) is 0 Å². The van der Waals surface area contributed by atoms with Crippen molar-refractivity contribution in [2.75, 3.05) is 18.1 Å². The lowest BCUT2D eigenvalue weighted by atomic mass is 9.92. The molecular formula is C25H27N7O10S3. The predicted octanol–water partition coefficient (Wildman–Crippen LogP) is 0.0186. The van der Waals surface area contributed by atoms with Gasteiger partial charge in [0, 0.05) is 22.4 Å². The van der Waals surface area contributed by atoms with Gasteiger partial charge in [-0.05, 0) is 25.7 Å². The highest BCUT2D eigenvalue weighted by Crippen LogP contribution is 2.35. The third-order valence-electron chi connectivity index (χ3n) is 6.70. The molecule has 20 heteroatoms. The number of rotatable bonds is 10. The number of aliphatic carboxylic acids is 1. The van der Waals surface area contributed by atoms with Crippen LogP contribution in [0.3, 0.4) is 0 Å². The number of carboxylic acids is 1. The van der Waals surface area contributed by atoms with Crippen molar-refractivity contribution in [1.82, 2.24) is 15.2 Å². The number of aromatic nitrogens is 2. The highest BCUT2D eigenvalue weighted by Gasteiger charge is 2.55. The summed E-state index contributed by atoms with van der Waals surface area (Å²) in [6.07, 6.45) is 7.12. The lowest BCUT2D eigenvalue weighted by molar-refractivity contribution is -0.685. The fourth-order valence-corrected chi connectivity index (χ4v) is 6.06. The normalized spacial score (nSPS) is 19.8. The van der Waals surface area contributed by atoms with Crippen LogP contribution in [0.25, 0.3) is 0 Å². The molecule has 2 amide bonds. The average Bonchev–Trinajstić information content (AvgIpc) is 3.66. The summed E-state index contributed by atoms with van der Waals surface area (Å²) in [5, 5.41) is 27.3.